The van der Waals surface area contributed by atoms with Gasteiger partial charge in [0.2, 0.25) is 0 Å². The van der Waals surface area contributed by atoms with E-state index in [0.717, 1.165) is 22.7 Å². The maximum Gasteiger partial charge on any atom is 0.0655 e. The second kappa shape index (κ2) is 5.49. The Hall–Kier alpha value is -1.15. The molecule has 0 bridgehead atoms. The minimum absolute atomic E-state index is 0.153. The first-order chi connectivity index (χ1) is 10.6. The summed E-state index contributed by atoms with van der Waals surface area (Å²) in [6, 6.07) is 12.0. The summed E-state index contributed by atoms with van der Waals surface area (Å²) in [7, 11) is 0. The molecule has 1 heterocycles. The Morgan fingerprint density at radius 1 is 0.955 bits per heavy atom. The normalized spacial score (nSPS) is 25.5. The molecule has 1 aliphatic heterocycles. The molecule has 3 atom stereocenters. The molecule has 2 aliphatic rings. The summed E-state index contributed by atoms with van der Waals surface area (Å²) in [6.45, 7) is 0. The van der Waals surface area contributed by atoms with Gasteiger partial charge >= 0.3 is 0 Å². The lowest BCUT2D eigenvalue weighted by Gasteiger charge is -2.38. The molecule has 4 heteroatoms. The molecule has 0 fully saturated rings. The Kier molecular flexibility index (Phi) is 3.60. The summed E-state index contributed by atoms with van der Waals surface area (Å²) in [5.74, 6) is 0.760. The molecule has 0 radical (unpaired) electrons. The molecule has 2 aromatic carbocycles. The Bertz CT molecular complexity index is 769. The number of allylic oxidation sites excluding steroid dienone is 2. The fraction of sp³-hybridized carbons (Fsp3) is 0.222. The van der Waals surface area contributed by atoms with Crippen molar-refractivity contribution in [3.63, 3.8) is 0 Å². The molecular weight excluding hydrogens is 337 g/mol. The van der Waals surface area contributed by atoms with Gasteiger partial charge in [-0.25, -0.2) is 0 Å². The van der Waals surface area contributed by atoms with Gasteiger partial charge in [0.15, 0.2) is 0 Å². The van der Waals surface area contributed by atoms with E-state index in [9.17, 15) is 0 Å². The van der Waals surface area contributed by atoms with Gasteiger partial charge in [0.05, 0.1) is 16.8 Å². The van der Waals surface area contributed by atoms with E-state index in [2.05, 4.69) is 23.5 Å². The topological polar surface area (TPSA) is 12.0 Å². The fourth-order valence-corrected chi connectivity index (χ4v) is 4.47. The second-order valence-corrected chi connectivity index (χ2v) is 7.10. The van der Waals surface area contributed by atoms with E-state index in [1.54, 1.807) is 6.07 Å². The van der Waals surface area contributed by atoms with Gasteiger partial charge in [-0.2, -0.15) is 0 Å². The molecule has 1 aliphatic carbocycles. The average Bonchev–Trinajstić information content (AvgIpc) is 2.97. The molecule has 0 saturated carbocycles. The van der Waals surface area contributed by atoms with Crippen LogP contribution in [-0.4, -0.2) is 0 Å². The summed E-state index contributed by atoms with van der Waals surface area (Å²) in [5.41, 5.74) is 3.28. The molecule has 22 heavy (non-hydrogen) atoms. The molecule has 0 amide bonds. The third kappa shape index (κ3) is 2.23. The number of hydrogen-bond acceptors (Lipinski definition) is 1. The van der Waals surface area contributed by atoms with Crippen LogP contribution < -0.4 is 5.32 Å². The highest BCUT2D eigenvalue weighted by molar-refractivity contribution is 6.36. The molecule has 4 rings (SSSR count). The van der Waals surface area contributed by atoms with Gasteiger partial charge in [-0.3, -0.25) is 0 Å². The summed E-state index contributed by atoms with van der Waals surface area (Å²) in [5, 5.41) is 5.74. The molecule has 0 aromatic heterocycles. The van der Waals surface area contributed by atoms with Crippen LogP contribution in [-0.2, 0) is 0 Å². The summed E-state index contributed by atoms with van der Waals surface area (Å²) < 4.78 is 0. The van der Waals surface area contributed by atoms with E-state index in [4.69, 9.17) is 34.8 Å². The number of hydrogen-bond donors (Lipinski definition) is 1. The molecule has 1 nitrogen and oxygen atoms in total. The lowest BCUT2D eigenvalue weighted by molar-refractivity contribution is 0.426. The molecule has 112 valence electrons. The van der Waals surface area contributed by atoms with E-state index in [-0.39, 0.29) is 6.04 Å². The SMILES string of the molecule is Clc1cc(Cl)c2c(c1)[C@H]1C=CC[C@H]1[C@H](c1ccccc1Cl)N2. The average molecular weight is 351 g/mol. The smallest absolute Gasteiger partial charge is 0.0655 e. The largest absolute Gasteiger partial charge is 0.376 e. The number of nitrogens with one attached hydrogen (secondary N) is 1. The molecular formula is C18H14Cl3N. The van der Waals surface area contributed by atoms with Crippen LogP contribution in [0.15, 0.2) is 48.6 Å². The predicted molar refractivity (Wildman–Crippen MR) is 94.3 cm³/mol. The molecule has 1 N–H and O–H groups in total. The van der Waals surface area contributed by atoms with E-state index in [1.165, 1.54) is 5.56 Å². The Balaban J connectivity index is 1.86. The second-order valence-electron chi connectivity index (χ2n) is 5.85. The van der Waals surface area contributed by atoms with Crippen molar-refractivity contribution in [3.8, 4) is 0 Å². The maximum atomic E-state index is 6.43. The Morgan fingerprint density at radius 3 is 2.59 bits per heavy atom. The van der Waals surface area contributed by atoms with Crippen LogP contribution in [0, 0.1) is 5.92 Å². The van der Waals surface area contributed by atoms with Gasteiger partial charge in [0.25, 0.3) is 0 Å². The molecule has 2 aromatic rings. The summed E-state index contributed by atoms with van der Waals surface area (Å²) in [6.07, 6.45) is 5.53. The molecule has 0 unspecified atom stereocenters. The van der Waals surface area contributed by atoms with Crippen LogP contribution in [0.3, 0.4) is 0 Å². The van der Waals surface area contributed by atoms with Gasteiger partial charge < -0.3 is 5.32 Å². The minimum atomic E-state index is 0.153. The number of halogens is 3. The van der Waals surface area contributed by atoms with Crippen LogP contribution in [0.1, 0.15) is 29.5 Å². The van der Waals surface area contributed by atoms with Crippen molar-refractivity contribution in [3.05, 3.63) is 74.7 Å². The summed E-state index contributed by atoms with van der Waals surface area (Å²) >= 11 is 19.0. The van der Waals surface area contributed by atoms with Crippen molar-refractivity contribution in [1.82, 2.24) is 0 Å². The van der Waals surface area contributed by atoms with Gasteiger partial charge in [-0.15, -0.1) is 0 Å². The van der Waals surface area contributed by atoms with Gasteiger partial charge in [-0.1, -0.05) is 65.2 Å². The van der Waals surface area contributed by atoms with Crippen molar-refractivity contribution < 1.29 is 0 Å². The third-order valence-electron chi connectivity index (χ3n) is 4.63. The predicted octanol–water partition coefficient (Wildman–Crippen LogP) is 6.47. The Labute approximate surface area is 144 Å². The van der Waals surface area contributed by atoms with Crippen LogP contribution in [0.2, 0.25) is 15.1 Å². The number of fused-ring (bicyclic) bond motifs is 3. The van der Waals surface area contributed by atoms with Crippen LogP contribution in [0.4, 0.5) is 5.69 Å². The Morgan fingerprint density at radius 2 is 1.77 bits per heavy atom. The van der Waals surface area contributed by atoms with E-state index in [1.807, 2.05) is 24.3 Å². The van der Waals surface area contributed by atoms with E-state index in [0.29, 0.717) is 21.9 Å². The zero-order valence-electron chi connectivity index (χ0n) is 11.7. The first kappa shape index (κ1) is 14.4. The monoisotopic (exact) mass is 349 g/mol. The number of benzene rings is 2. The van der Waals surface area contributed by atoms with Gasteiger partial charge in [-0.05, 0) is 41.7 Å². The van der Waals surface area contributed by atoms with Crippen molar-refractivity contribution in [2.75, 3.05) is 5.32 Å². The third-order valence-corrected chi connectivity index (χ3v) is 5.49. The van der Waals surface area contributed by atoms with Crippen molar-refractivity contribution in [1.29, 1.82) is 0 Å². The number of anilines is 1. The lowest BCUT2D eigenvalue weighted by Crippen LogP contribution is -2.29. The fourth-order valence-electron chi connectivity index (χ4n) is 3.66. The lowest BCUT2D eigenvalue weighted by atomic mass is 9.77. The minimum Gasteiger partial charge on any atom is -0.376 e. The van der Waals surface area contributed by atoms with Crippen LogP contribution in [0.5, 0.6) is 0 Å². The standard InChI is InChI=1S/C18H14Cl3N/c19-10-8-14-11-5-3-6-12(11)17(22-18(14)16(21)9-10)13-4-1-2-7-15(13)20/h1-5,7-9,11-12,17,22H,6H2/t11-,12+,17+/m0/s1. The van der Waals surface area contributed by atoms with Gasteiger partial charge in [0.1, 0.15) is 0 Å². The first-order valence-electron chi connectivity index (χ1n) is 7.31. The maximum absolute atomic E-state index is 6.43. The van der Waals surface area contributed by atoms with Gasteiger partial charge in [0, 0.05) is 16.0 Å². The van der Waals surface area contributed by atoms with Crippen molar-refractivity contribution in [2.45, 2.75) is 18.4 Å². The van der Waals surface area contributed by atoms with E-state index < -0.39 is 0 Å². The number of rotatable bonds is 1. The zero-order valence-corrected chi connectivity index (χ0v) is 14.0. The highest BCUT2D eigenvalue weighted by atomic mass is 35.5. The first-order valence-corrected chi connectivity index (χ1v) is 8.45. The zero-order chi connectivity index (χ0) is 15.3. The van der Waals surface area contributed by atoms with Crippen LogP contribution >= 0.6 is 34.8 Å². The van der Waals surface area contributed by atoms with E-state index >= 15 is 0 Å². The molecule has 0 saturated heterocycles. The molecule has 0 spiro atoms. The highest BCUT2D eigenvalue weighted by Crippen LogP contribution is 2.52. The van der Waals surface area contributed by atoms with Crippen LogP contribution in [0.25, 0.3) is 0 Å². The summed E-state index contributed by atoms with van der Waals surface area (Å²) in [4.78, 5) is 0. The highest BCUT2D eigenvalue weighted by Gasteiger charge is 2.39. The van der Waals surface area contributed by atoms with Crippen molar-refractivity contribution in [2.24, 2.45) is 5.92 Å². The van der Waals surface area contributed by atoms with Crippen molar-refractivity contribution >= 4 is 40.5 Å². The quantitative estimate of drug-likeness (QED) is 0.581.